The number of aromatic carboxylic acids is 1. The summed E-state index contributed by atoms with van der Waals surface area (Å²) in [4.78, 5) is 19.2. The fraction of sp³-hybridized carbons (Fsp3) is 0.118. The number of benzene rings is 2. The number of carboxylic acids is 1. The molecule has 2 N–H and O–H groups in total. The van der Waals surface area contributed by atoms with E-state index < -0.39 is 28.9 Å². The lowest BCUT2D eigenvalue weighted by Crippen LogP contribution is -2.13. The molecule has 0 saturated carbocycles. The number of carbonyl (C=O) groups is 1. The summed E-state index contributed by atoms with van der Waals surface area (Å²) >= 11 is 11.8. The summed E-state index contributed by atoms with van der Waals surface area (Å²) in [6.07, 6.45) is -4.65. The van der Waals surface area contributed by atoms with Crippen LogP contribution in [0.25, 0.3) is 11.0 Å². The Balaban J connectivity index is 2.05. The third kappa shape index (κ3) is 4.06. The molecular weight excluding hydrogens is 406 g/mol. The van der Waals surface area contributed by atoms with Crippen LogP contribution >= 0.6 is 23.2 Å². The average Bonchev–Trinajstić information content (AvgIpc) is 2.60. The number of rotatable bonds is 4. The number of para-hydroxylation sites is 1. The first-order valence-corrected chi connectivity index (χ1v) is 8.21. The lowest BCUT2D eigenvalue weighted by atomic mass is 10.1. The molecule has 3 rings (SSSR count). The first-order valence-electron chi connectivity index (χ1n) is 7.46. The Morgan fingerprint density at radius 1 is 1.11 bits per heavy atom. The van der Waals surface area contributed by atoms with Gasteiger partial charge < -0.3 is 10.4 Å². The van der Waals surface area contributed by atoms with Gasteiger partial charge in [-0.3, -0.25) is 0 Å². The van der Waals surface area contributed by atoms with Gasteiger partial charge in [0.2, 0.25) is 0 Å². The third-order valence-corrected chi connectivity index (χ3v) is 4.39. The Morgan fingerprint density at radius 3 is 2.48 bits per heavy atom. The summed E-state index contributed by atoms with van der Waals surface area (Å²) in [5.41, 5.74) is -1.45. The Bertz CT molecular complexity index is 1040. The molecule has 2 aromatic carbocycles. The number of nitrogens with zero attached hydrogens (tertiary/aromatic N) is 2. The third-order valence-electron chi connectivity index (χ3n) is 3.65. The highest BCUT2D eigenvalue weighted by molar-refractivity contribution is 6.42. The molecule has 0 aliphatic heterocycles. The molecule has 27 heavy (non-hydrogen) atoms. The summed E-state index contributed by atoms with van der Waals surface area (Å²) in [6, 6.07) is 8.01. The van der Waals surface area contributed by atoms with Crippen molar-refractivity contribution in [1.29, 1.82) is 0 Å². The van der Waals surface area contributed by atoms with Crippen molar-refractivity contribution < 1.29 is 23.1 Å². The van der Waals surface area contributed by atoms with Gasteiger partial charge in [-0.25, -0.2) is 14.8 Å². The largest absolute Gasteiger partial charge is 0.476 e. The second kappa shape index (κ2) is 7.21. The number of carboxylic acid groups (broad SMARTS) is 1. The molecular formula is C17H10Cl2F3N3O2. The molecule has 0 spiro atoms. The Kier molecular flexibility index (Phi) is 5.12. The van der Waals surface area contributed by atoms with Crippen molar-refractivity contribution >= 4 is 46.0 Å². The molecule has 0 unspecified atom stereocenters. The lowest BCUT2D eigenvalue weighted by molar-refractivity contribution is -0.136. The Labute approximate surface area is 160 Å². The average molecular weight is 416 g/mol. The SMILES string of the molecule is O=C(O)c1nc2cccc(C(F)(F)F)c2nc1NCc1ccc(Cl)c(Cl)c1. The standard InChI is InChI=1S/C17H10Cl2F3N3O2/c18-10-5-4-8(6-11(10)19)7-23-15-14(16(26)27)24-12-3-1-2-9(13(12)25-15)17(20,21)22/h1-6H,7H2,(H,23,25)(H,26,27). The molecule has 0 saturated heterocycles. The lowest BCUT2D eigenvalue weighted by Gasteiger charge is -2.13. The molecule has 0 radical (unpaired) electrons. The number of aromatic nitrogens is 2. The molecule has 0 amide bonds. The smallest absolute Gasteiger partial charge is 0.418 e. The zero-order valence-electron chi connectivity index (χ0n) is 13.3. The number of alkyl halides is 3. The Hall–Kier alpha value is -2.58. The van der Waals surface area contributed by atoms with E-state index in [0.717, 1.165) is 12.1 Å². The van der Waals surface area contributed by atoms with Crippen molar-refractivity contribution in [2.24, 2.45) is 0 Å². The minimum absolute atomic E-state index is 0.0611. The molecule has 0 aliphatic carbocycles. The van der Waals surface area contributed by atoms with Gasteiger partial charge in [-0.15, -0.1) is 0 Å². The highest BCUT2D eigenvalue weighted by Crippen LogP contribution is 2.34. The molecule has 3 aromatic rings. The first-order chi connectivity index (χ1) is 12.7. The van der Waals surface area contributed by atoms with Gasteiger partial charge in [-0.05, 0) is 29.8 Å². The van der Waals surface area contributed by atoms with Crippen molar-refractivity contribution in [3.8, 4) is 0 Å². The van der Waals surface area contributed by atoms with Gasteiger partial charge in [0.15, 0.2) is 11.5 Å². The van der Waals surface area contributed by atoms with E-state index in [1.165, 1.54) is 6.07 Å². The monoisotopic (exact) mass is 415 g/mol. The number of nitrogens with one attached hydrogen (secondary N) is 1. The van der Waals surface area contributed by atoms with Crippen LogP contribution in [0.2, 0.25) is 10.0 Å². The summed E-state index contributed by atoms with van der Waals surface area (Å²) < 4.78 is 39.6. The van der Waals surface area contributed by atoms with Gasteiger partial charge in [0.25, 0.3) is 0 Å². The zero-order valence-corrected chi connectivity index (χ0v) is 14.8. The molecule has 1 heterocycles. The van der Waals surface area contributed by atoms with Crippen molar-refractivity contribution in [3.63, 3.8) is 0 Å². The van der Waals surface area contributed by atoms with Gasteiger partial charge >= 0.3 is 12.1 Å². The number of fused-ring (bicyclic) bond motifs is 1. The quantitative estimate of drug-likeness (QED) is 0.607. The van der Waals surface area contributed by atoms with E-state index in [1.54, 1.807) is 18.2 Å². The van der Waals surface area contributed by atoms with Crippen LogP contribution < -0.4 is 5.32 Å². The van der Waals surface area contributed by atoms with Crippen LogP contribution in [-0.2, 0) is 12.7 Å². The van der Waals surface area contributed by atoms with Gasteiger partial charge in [0.05, 0.1) is 21.1 Å². The molecule has 1 aromatic heterocycles. The first kappa shape index (κ1) is 19.2. The number of anilines is 1. The normalized spacial score (nSPS) is 11.6. The van der Waals surface area contributed by atoms with Gasteiger partial charge in [0, 0.05) is 6.54 Å². The molecule has 0 aliphatic rings. The van der Waals surface area contributed by atoms with Crippen molar-refractivity contribution in [2.75, 3.05) is 5.32 Å². The van der Waals surface area contributed by atoms with Crippen LogP contribution in [0.15, 0.2) is 36.4 Å². The van der Waals surface area contributed by atoms with E-state index in [2.05, 4.69) is 15.3 Å². The molecule has 0 fully saturated rings. The summed E-state index contributed by atoms with van der Waals surface area (Å²) in [6.45, 7) is 0.0611. The van der Waals surface area contributed by atoms with Crippen LogP contribution in [0.5, 0.6) is 0 Å². The van der Waals surface area contributed by atoms with Gasteiger partial charge in [-0.1, -0.05) is 35.3 Å². The van der Waals surface area contributed by atoms with Crippen molar-refractivity contribution in [3.05, 3.63) is 63.3 Å². The van der Waals surface area contributed by atoms with Gasteiger partial charge in [0.1, 0.15) is 5.52 Å². The molecule has 10 heteroatoms. The van der Waals surface area contributed by atoms with Crippen LogP contribution in [0.3, 0.4) is 0 Å². The maximum atomic E-state index is 13.2. The van der Waals surface area contributed by atoms with E-state index in [4.69, 9.17) is 23.2 Å². The second-order valence-corrected chi connectivity index (χ2v) is 6.31. The topological polar surface area (TPSA) is 75.1 Å². The second-order valence-electron chi connectivity index (χ2n) is 5.50. The Morgan fingerprint density at radius 2 is 1.85 bits per heavy atom. The summed E-state index contributed by atoms with van der Waals surface area (Å²) in [7, 11) is 0. The van der Waals surface area contributed by atoms with Gasteiger partial charge in [-0.2, -0.15) is 13.2 Å². The summed E-state index contributed by atoms with van der Waals surface area (Å²) in [5.74, 6) is -1.70. The maximum absolute atomic E-state index is 13.2. The van der Waals surface area contributed by atoms with E-state index in [-0.39, 0.29) is 17.9 Å². The predicted octanol–water partition coefficient (Wildman–Crippen LogP) is 5.27. The number of hydrogen-bond acceptors (Lipinski definition) is 4. The van der Waals surface area contributed by atoms with Crippen molar-refractivity contribution in [2.45, 2.75) is 12.7 Å². The highest BCUT2D eigenvalue weighted by atomic mass is 35.5. The fourth-order valence-corrected chi connectivity index (χ4v) is 2.73. The predicted molar refractivity (Wildman–Crippen MR) is 95.3 cm³/mol. The van der Waals surface area contributed by atoms with Crippen LogP contribution in [-0.4, -0.2) is 21.0 Å². The molecule has 0 atom stereocenters. The minimum Gasteiger partial charge on any atom is -0.476 e. The number of halogens is 5. The van der Waals surface area contributed by atoms with Crippen molar-refractivity contribution in [1.82, 2.24) is 9.97 Å². The maximum Gasteiger partial charge on any atom is 0.418 e. The fourth-order valence-electron chi connectivity index (χ4n) is 2.41. The zero-order chi connectivity index (χ0) is 19.8. The van der Waals surface area contributed by atoms with Crippen LogP contribution in [0.4, 0.5) is 19.0 Å². The molecule has 140 valence electrons. The molecule has 5 nitrogen and oxygen atoms in total. The van der Waals surface area contributed by atoms with E-state index in [0.29, 0.717) is 15.6 Å². The van der Waals surface area contributed by atoms with E-state index >= 15 is 0 Å². The number of hydrogen-bond donors (Lipinski definition) is 2. The summed E-state index contributed by atoms with van der Waals surface area (Å²) in [5, 5.41) is 12.7. The highest BCUT2D eigenvalue weighted by Gasteiger charge is 2.34. The minimum atomic E-state index is -4.65. The van der Waals surface area contributed by atoms with E-state index in [9.17, 15) is 23.1 Å². The van der Waals surface area contributed by atoms with Crippen LogP contribution in [0.1, 0.15) is 21.6 Å². The van der Waals surface area contributed by atoms with E-state index in [1.807, 2.05) is 0 Å². The van der Waals surface area contributed by atoms with Crippen LogP contribution in [0, 0.1) is 0 Å². The molecule has 0 bridgehead atoms.